The van der Waals surface area contributed by atoms with Gasteiger partial charge in [-0.05, 0) is 68.9 Å². The fourth-order valence-electron chi connectivity index (χ4n) is 5.10. The quantitative estimate of drug-likeness (QED) is 0.731. The topological polar surface area (TPSA) is 77.8 Å². The van der Waals surface area contributed by atoms with Gasteiger partial charge in [-0.2, -0.15) is 0 Å². The van der Waals surface area contributed by atoms with Crippen LogP contribution < -0.4 is 0 Å². The van der Waals surface area contributed by atoms with Gasteiger partial charge < -0.3 is 15.3 Å². The fourth-order valence-corrected chi connectivity index (χ4v) is 5.10. The number of carbonyl (C=O) groups is 1. The number of rotatable bonds is 4. The van der Waals surface area contributed by atoms with Gasteiger partial charge in [0.1, 0.15) is 12.2 Å². The second-order valence-electron chi connectivity index (χ2n) is 8.23. The average molecular weight is 346 g/mol. The van der Waals surface area contributed by atoms with Gasteiger partial charge in [-0.1, -0.05) is 30.7 Å². The summed E-state index contributed by atoms with van der Waals surface area (Å²) in [5, 5.41) is 30.2. The number of hydrogen-bond acceptors (Lipinski definition) is 4. The first-order valence-corrected chi connectivity index (χ1v) is 9.43. The van der Waals surface area contributed by atoms with E-state index in [9.17, 15) is 20.1 Å². The molecule has 3 aliphatic carbocycles. The highest BCUT2D eigenvalue weighted by atomic mass is 16.3. The lowest BCUT2D eigenvalue weighted by molar-refractivity contribution is -0.154. The molecule has 1 fully saturated rings. The highest BCUT2D eigenvalue weighted by Crippen LogP contribution is 2.58. The molecule has 3 aliphatic rings. The molecule has 0 amide bonds. The van der Waals surface area contributed by atoms with Crippen molar-refractivity contribution in [1.82, 2.24) is 0 Å². The van der Waals surface area contributed by atoms with Crippen LogP contribution in [-0.4, -0.2) is 39.4 Å². The maximum atomic E-state index is 12.2. The second kappa shape index (κ2) is 6.82. The van der Waals surface area contributed by atoms with E-state index in [4.69, 9.17) is 0 Å². The lowest BCUT2D eigenvalue weighted by Gasteiger charge is -2.44. The van der Waals surface area contributed by atoms with Crippen LogP contribution >= 0.6 is 0 Å². The van der Waals surface area contributed by atoms with Crippen LogP contribution in [0.4, 0.5) is 0 Å². The summed E-state index contributed by atoms with van der Waals surface area (Å²) in [4.78, 5) is 12.2. The first-order chi connectivity index (χ1) is 11.8. The molecule has 4 nitrogen and oxygen atoms in total. The van der Waals surface area contributed by atoms with Crippen molar-refractivity contribution in [2.45, 2.75) is 70.5 Å². The minimum atomic E-state index is -1.42. The van der Waals surface area contributed by atoms with Gasteiger partial charge in [0.15, 0.2) is 5.78 Å². The largest absolute Gasteiger partial charge is 0.393 e. The van der Waals surface area contributed by atoms with Crippen molar-refractivity contribution < 1.29 is 20.1 Å². The summed E-state index contributed by atoms with van der Waals surface area (Å²) >= 11 is 0. The van der Waals surface area contributed by atoms with E-state index in [-0.39, 0.29) is 12.0 Å². The molecule has 0 aromatic rings. The average Bonchev–Trinajstić information content (AvgIpc) is 2.88. The molecule has 25 heavy (non-hydrogen) atoms. The predicted octanol–water partition coefficient (Wildman–Crippen LogP) is 2.83. The van der Waals surface area contributed by atoms with Crippen molar-refractivity contribution in [3.05, 3.63) is 34.9 Å². The van der Waals surface area contributed by atoms with E-state index in [1.807, 2.05) is 6.92 Å². The van der Waals surface area contributed by atoms with E-state index < -0.39 is 23.4 Å². The Morgan fingerprint density at radius 2 is 2.08 bits per heavy atom. The summed E-state index contributed by atoms with van der Waals surface area (Å²) in [6.07, 6.45) is 11.4. The molecule has 0 bridgehead atoms. The van der Waals surface area contributed by atoms with Gasteiger partial charge in [-0.15, -0.1) is 0 Å². The third-order valence-electron chi connectivity index (χ3n) is 6.89. The van der Waals surface area contributed by atoms with Crippen LogP contribution in [0.5, 0.6) is 0 Å². The summed E-state index contributed by atoms with van der Waals surface area (Å²) in [5.41, 5.74) is 1.77. The minimum Gasteiger partial charge on any atom is -0.393 e. The molecule has 1 saturated carbocycles. The summed E-state index contributed by atoms with van der Waals surface area (Å²) < 4.78 is 0. The molecule has 138 valence electrons. The highest BCUT2D eigenvalue weighted by Gasteiger charge is 2.60. The Kier molecular flexibility index (Phi) is 5.06. The van der Waals surface area contributed by atoms with Crippen molar-refractivity contribution >= 4 is 5.78 Å². The summed E-state index contributed by atoms with van der Waals surface area (Å²) in [5.74, 6) is -0.316. The SMILES string of the molecule is CC1=C(C=CC2=CCC[C@@]3(C)[C@H]2CC[C@]3(O)C(=O)CO)C[C@@H](O)CC1. The van der Waals surface area contributed by atoms with Gasteiger partial charge in [0, 0.05) is 5.41 Å². The Balaban J connectivity index is 1.84. The summed E-state index contributed by atoms with van der Waals surface area (Å²) in [7, 11) is 0. The Bertz CT molecular complexity index is 644. The predicted molar refractivity (Wildman–Crippen MR) is 96.9 cm³/mol. The van der Waals surface area contributed by atoms with Crippen molar-refractivity contribution in [1.29, 1.82) is 0 Å². The van der Waals surface area contributed by atoms with Gasteiger partial charge in [-0.3, -0.25) is 4.79 Å². The number of hydrogen-bond donors (Lipinski definition) is 3. The molecule has 0 unspecified atom stereocenters. The molecule has 0 heterocycles. The molecular weight excluding hydrogens is 316 g/mol. The van der Waals surface area contributed by atoms with Crippen LogP contribution in [-0.2, 0) is 4.79 Å². The van der Waals surface area contributed by atoms with Crippen LogP contribution in [0.2, 0.25) is 0 Å². The Morgan fingerprint density at radius 3 is 2.80 bits per heavy atom. The van der Waals surface area contributed by atoms with Gasteiger partial charge in [0.05, 0.1) is 6.10 Å². The second-order valence-corrected chi connectivity index (χ2v) is 8.23. The molecule has 0 aliphatic heterocycles. The lowest BCUT2D eigenvalue weighted by Crippen LogP contribution is -2.53. The van der Waals surface area contributed by atoms with Crippen LogP contribution in [0.3, 0.4) is 0 Å². The van der Waals surface area contributed by atoms with E-state index in [2.05, 4.69) is 25.2 Å². The standard InChI is InChI=1S/C21H30O4/c1-14-5-8-17(23)12-16(14)7-6-15-4-3-10-20(2)18(15)9-11-21(20,25)19(24)13-22/h4,6-7,17-18,22-23,25H,3,5,8-13H2,1-2H3/t17-,18-,20-,21-/m0/s1. The van der Waals surface area contributed by atoms with E-state index in [1.54, 1.807) is 0 Å². The lowest BCUT2D eigenvalue weighted by atomic mass is 9.62. The number of fused-ring (bicyclic) bond motifs is 1. The summed E-state index contributed by atoms with van der Waals surface area (Å²) in [6.45, 7) is 3.52. The van der Waals surface area contributed by atoms with Crippen molar-refractivity contribution in [2.75, 3.05) is 6.61 Å². The van der Waals surface area contributed by atoms with E-state index in [0.717, 1.165) is 32.1 Å². The monoisotopic (exact) mass is 346 g/mol. The zero-order chi connectivity index (χ0) is 18.2. The third-order valence-corrected chi connectivity index (χ3v) is 6.89. The maximum Gasteiger partial charge on any atom is 0.190 e. The molecule has 0 radical (unpaired) electrons. The Hall–Kier alpha value is -1.23. The van der Waals surface area contributed by atoms with Crippen LogP contribution in [0.1, 0.15) is 58.8 Å². The Labute approximate surface area is 149 Å². The fraction of sp³-hybridized carbons (Fsp3) is 0.667. The molecule has 3 rings (SSSR count). The van der Waals surface area contributed by atoms with Gasteiger partial charge in [0.25, 0.3) is 0 Å². The number of allylic oxidation sites excluding steroid dienone is 5. The van der Waals surface area contributed by atoms with Crippen molar-refractivity contribution in [2.24, 2.45) is 11.3 Å². The van der Waals surface area contributed by atoms with Crippen LogP contribution in [0, 0.1) is 11.3 Å². The first-order valence-electron chi connectivity index (χ1n) is 9.43. The van der Waals surface area contributed by atoms with E-state index in [0.29, 0.717) is 12.8 Å². The zero-order valence-corrected chi connectivity index (χ0v) is 15.3. The van der Waals surface area contributed by atoms with Crippen LogP contribution in [0.15, 0.2) is 34.9 Å². The molecule has 4 heteroatoms. The number of aliphatic hydroxyl groups excluding tert-OH is 2. The van der Waals surface area contributed by atoms with E-state index >= 15 is 0 Å². The number of carbonyl (C=O) groups excluding carboxylic acids is 1. The maximum absolute atomic E-state index is 12.2. The molecule has 3 N–H and O–H groups in total. The number of aliphatic hydroxyl groups is 3. The molecule has 4 atom stereocenters. The van der Waals surface area contributed by atoms with Gasteiger partial charge in [0.2, 0.25) is 0 Å². The van der Waals surface area contributed by atoms with Gasteiger partial charge >= 0.3 is 0 Å². The van der Waals surface area contributed by atoms with Crippen LogP contribution in [0.25, 0.3) is 0 Å². The van der Waals surface area contributed by atoms with Crippen molar-refractivity contribution in [3.63, 3.8) is 0 Å². The molecule has 0 saturated heterocycles. The first kappa shape index (κ1) is 18.6. The number of Topliss-reactive ketones (excluding diaryl/α,β-unsaturated/α-hetero) is 1. The highest BCUT2D eigenvalue weighted by molar-refractivity contribution is 5.89. The Morgan fingerprint density at radius 1 is 1.32 bits per heavy atom. The zero-order valence-electron chi connectivity index (χ0n) is 15.3. The third kappa shape index (κ3) is 3.05. The summed E-state index contributed by atoms with van der Waals surface area (Å²) in [6, 6.07) is 0. The molecular formula is C21H30O4. The van der Waals surface area contributed by atoms with E-state index in [1.165, 1.54) is 16.7 Å². The smallest absolute Gasteiger partial charge is 0.190 e. The molecule has 0 spiro atoms. The molecule has 0 aromatic heterocycles. The minimum absolute atomic E-state index is 0.132. The number of ketones is 1. The van der Waals surface area contributed by atoms with Crippen molar-refractivity contribution in [3.8, 4) is 0 Å². The molecule has 0 aromatic carbocycles. The normalized spacial score (nSPS) is 38.8. The van der Waals surface area contributed by atoms with Gasteiger partial charge in [-0.25, -0.2) is 0 Å².